The van der Waals surface area contributed by atoms with Gasteiger partial charge in [0.25, 0.3) is 5.91 Å². The summed E-state index contributed by atoms with van der Waals surface area (Å²) < 4.78 is 16.8. The first-order valence-electron chi connectivity index (χ1n) is 19.9. The molecule has 56 heavy (non-hydrogen) atoms. The molecule has 1 aliphatic carbocycles. The van der Waals surface area contributed by atoms with Gasteiger partial charge < -0.3 is 46.1 Å². The van der Waals surface area contributed by atoms with E-state index >= 15 is 0 Å². The molecule has 0 aromatic heterocycles. The third-order valence-corrected chi connectivity index (χ3v) is 9.16. The van der Waals surface area contributed by atoms with Gasteiger partial charge in [-0.15, -0.1) is 0 Å². The number of ketones is 1. The molecule has 0 bridgehead atoms. The molecule has 318 valence electrons. The van der Waals surface area contributed by atoms with Crippen LogP contribution >= 0.6 is 0 Å². The van der Waals surface area contributed by atoms with Crippen LogP contribution < -0.4 is 27.0 Å². The molecule has 1 saturated heterocycles. The lowest BCUT2D eigenvalue weighted by molar-refractivity contribution is -0.155. The quantitative estimate of drug-likeness (QED) is 0.0938. The van der Waals surface area contributed by atoms with Crippen LogP contribution in [0.2, 0.25) is 0 Å². The molecule has 2 rings (SSSR count). The molecule has 5 atom stereocenters. The number of nitrogens with zero attached hydrogens (tertiary/aromatic N) is 1. The van der Waals surface area contributed by atoms with Crippen LogP contribution in [0.1, 0.15) is 127 Å². The molecule has 0 spiro atoms. The largest absolute Gasteiger partial charge is 0.460 e. The molecule has 0 aromatic carbocycles. The summed E-state index contributed by atoms with van der Waals surface area (Å²) in [6.45, 7) is 15.7. The fourth-order valence-electron chi connectivity index (χ4n) is 6.73. The predicted octanol–water partition coefficient (Wildman–Crippen LogP) is 2.16. The highest BCUT2D eigenvalue weighted by atomic mass is 16.6. The van der Waals surface area contributed by atoms with Crippen LogP contribution in [0.3, 0.4) is 0 Å². The summed E-state index contributed by atoms with van der Waals surface area (Å²) in [5, 5.41) is 10.0. The summed E-state index contributed by atoms with van der Waals surface area (Å²) in [4.78, 5) is 106. The topological polar surface area (TPSA) is 242 Å². The summed E-state index contributed by atoms with van der Waals surface area (Å²) in [6, 6.07) is -4.56. The molecule has 2 fully saturated rings. The predicted molar refractivity (Wildman–Crippen MR) is 205 cm³/mol. The first-order valence-corrected chi connectivity index (χ1v) is 19.9. The minimum Gasteiger partial charge on any atom is -0.460 e. The molecule has 1 saturated carbocycles. The van der Waals surface area contributed by atoms with Crippen molar-refractivity contribution in [3.05, 3.63) is 0 Å². The van der Waals surface area contributed by atoms with Crippen LogP contribution in [0.15, 0.2) is 0 Å². The lowest BCUT2D eigenvalue weighted by Gasteiger charge is -2.34. The number of carbonyl (C=O) groups is 8. The zero-order valence-electron chi connectivity index (χ0n) is 34.7. The highest BCUT2D eigenvalue weighted by Crippen LogP contribution is 2.31. The van der Waals surface area contributed by atoms with Gasteiger partial charge in [-0.2, -0.15) is 0 Å². The first-order chi connectivity index (χ1) is 26.0. The van der Waals surface area contributed by atoms with E-state index in [-0.39, 0.29) is 50.7 Å². The van der Waals surface area contributed by atoms with E-state index < -0.39 is 95.4 Å². The molecule has 17 nitrogen and oxygen atoms in total. The Morgan fingerprint density at radius 1 is 0.839 bits per heavy atom. The number of ether oxygens (including phenoxy) is 3. The van der Waals surface area contributed by atoms with Crippen LogP contribution in [-0.4, -0.2) is 113 Å². The average molecular weight is 795 g/mol. The molecule has 0 radical (unpaired) electrons. The zero-order chi connectivity index (χ0) is 42.4. The second-order valence-electron chi connectivity index (χ2n) is 17.2. The van der Waals surface area contributed by atoms with Gasteiger partial charge in [0.2, 0.25) is 29.4 Å². The molecule has 0 aromatic rings. The smallest absolute Gasteiger partial charge is 0.407 e. The fourth-order valence-corrected chi connectivity index (χ4v) is 6.73. The van der Waals surface area contributed by atoms with Crippen molar-refractivity contribution < 1.29 is 52.6 Å². The van der Waals surface area contributed by atoms with E-state index in [9.17, 15) is 38.4 Å². The maximum absolute atomic E-state index is 14.4. The fraction of sp³-hybridized carbons (Fsp3) is 0.795. The van der Waals surface area contributed by atoms with Gasteiger partial charge in [-0.1, -0.05) is 46.5 Å². The van der Waals surface area contributed by atoms with Crippen molar-refractivity contribution in [2.75, 3.05) is 19.7 Å². The Balaban J connectivity index is 2.19. The van der Waals surface area contributed by atoms with Crippen LogP contribution in [0, 0.1) is 11.8 Å². The first kappa shape index (κ1) is 47.9. The van der Waals surface area contributed by atoms with E-state index in [4.69, 9.17) is 19.9 Å². The Morgan fingerprint density at radius 3 is 2.04 bits per heavy atom. The van der Waals surface area contributed by atoms with Gasteiger partial charge in [-0.3, -0.25) is 33.6 Å². The summed E-state index contributed by atoms with van der Waals surface area (Å²) in [7, 11) is 0. The van der Waals surface area contributed by atoms with E-state index in [2.05, 4.69) is 21.3 Å². The van der Waals surface area contributed by atoms with Gasteiger partial charge in [0.15, 0.2) is 0 Å². The molecular formula is C39H66N6O11. The van der Waals surface area contributed by atoms with Crippen molar-refractivity contribution in [3.8, 4) is 0 Å². The number of esters is 1. The van der Waals surface area contributed by atoms with Crippen LogP contribution in [0.5, 0.6) is 0 Å². The Morgan fingerprint density at radius 2 is 1.48 bits per heavy atom. The van der Waals surface area contributed by atoms with Crippen molar-refractivity contribution >= 4 is 47.4 Å². The minimum atomic E-state index is -1.29. The molecular weight excluding hydrogens is 728 g/mol. The number of Topliss-reactive ketones (excluding diaryl/α,β-unsaturated/α-hetero) is 1. The summed E-state index contributed by atoms with van der Waals surface area (Å²) in [5.74, 6) is -5.73. The van der Waals surface area contributed by atoms with Crippen molar-refractivity contribution in [1.82, 2.24) is 26.2 Å². The third-order valence-electron chi connectivity index (χ3n) is 9.16. The van der Waals surface area contributed by atoms with Gasteiger partial charge in [-0.05, 0) is 79.1 Å². The maximum atomic E-state index is 14.4. The number of amides is 6. The molecule has 1 aliphatic heterocycles. The summed E-state index contributed by atoms with van der Waals surface area (Å²) >= 11 is 0. The number of primary amides is 1. The van der Waals surface area contributed by atoms with Gasteiger partial charge >= 0.3 is 12.1 Å². The van der Waals surface area contributed by atoms with Crippen LogP contribution in [0.25, 0.3) is 0 Å². The minimum absolute atomic E-state index is 0.0617. The SMILES string of the molecule is CCCC(NC(=O)[C@@H]1C[C@@H](OC(C)(C)C)CN1C(=O)[C@@H](NC(=O)OCC(C)C)C1CCCCC1)C(=O)C(=O)NCC(=O)N[C@@H](CCC(=O)OC(C)(C)C)C(N)=O. The Kier molecular flexibility index (Phi) is 18.7. The standard InChI is InChI=1S/C39H66N6O11/c1-10-14-26(32(48)35(51)41-20-29(46)42-27(33(40)49)17-18-30(47)56-39(7,8)9)43-34(50)28-19-25(55-38(4,5)6)21-45(28)36(52)31(24-15-12-11-13-16-24)44-37(53)54-22-23(2)3/h23-28,31H,10-22H2,1-9H3,(H2,40,49)(H,41,51)(H,42,46)(H,43,50)(H,44,53)/t25-,26?,27+,28+,31+/m1/s1. The van der Waals surface area contributed by atoms with Gasteiger partial charge in [-0.25, -0.2) is 4.79 Å². The number of likely N-dealkylation sites (tertiary alicyclic amines) is 1. The van der Waals surface area contributed by atoms with Crippen molar-refractivity contribution in [2.45, 2.75) is 168 Å². The molecule has 6 N–H and O–H groups in total. The monoisotopic (exact) mass is 794 g/mol. The molecule has 1 unspecified atom stereocenters. The van der Waals surface area contributed by atoms with Crippen LogP contribution in [0.4, 0.5) is 4.79 Å². The van der Waals surface area contributed by atoms with E-state index in [1.54, 1.807) is 27.7 Å². The second kappa shape index (κ2) is 21.9. The van der Waals surface area contributed by atoms with Crippen molar-refractivity contribution in [3.63, 3.8) is 0 Å². The normalized spacial score (nSPS) is 19.3. The highest BCUT2D eigenvalue weighted by Gasteiger charge is 2.46. The van der Waals surface area contributed by atoms with Gasteiger partial charge in [0.05, 0.1) is 30.9 Å². The van der Waals surface area contributed by atoms with E-state index in [1.807, 2.05) is 34.6 Å². The van der Waals surface area contributed by atoms with E-state index in [1.165, 1.54) is 4.90 Å². The third kappa shape index (κ3) is 16.8. The van der Waals surface area contributed by atoms with Gasteiger partial charge in [0, 0.05) is 19.4 Å². The second-order valence-corrected chi connectivity index (χ2v) is 17.2. The van der Waals surface area contributed by atoms with Crippen LogP contribution in [-0.2, 0) is 47.8 Å². The highest BCUT2D eigenvalue weighted by molar-refractivity contribution is 6.38. The average Bonchev–Trinajstić information content (AvgIpc) is 3.51. The lowest BCUT2D eigenvalue weighted by Crippen LogP contribution is -2.58. The van der Waals surface area contributed by atoms with Crippen molar-refractivity contribution in [1.29, 1.82) is 0 Å². The summed E-state index contributed by atoms with van der Waals surface area (Å²) in [5.41, 5.74) is 4.04. The number of nitrogens with two attached hydrogens (primary N) is 1. The number of carbonyl (C=O) groups excluding carboxylic acids is 8. The zero-order valence-corrected chi connectivity index (χ0v) is 34.7. The number of alkyl carbamates (subject to hydrolysis) is 1. The maximum Gasteiger partial charge on any atom is 0.407 e. The number of rotatable bonds is 19. The number of hydrogen-bond donors (Lipinski definition) is 5. The number of nitrogens with one attached hydrogen (secondary N) is 4. The number of hydrogen-bond acceptors (Lipinski definition) is 11. The van der Waals surface area contributed by atoms with E-state index in [0.29, 0.717) is 19.3 Å². The Hall–Kier alpha value is -4.28. The Bertz CT molecular complexity index is 1400. The molecule has 6 amide bonds. The molecule has 17 heteroatoms. The molecule has 2 aliphatic rings. The van der Waals surface area contributed by atoms with Crippen molar-refractivity contribution in [2.24, 2.45) is 17.6 Å². The van der Waals surface area contributed by atoms with Gasteiger partial charge in [0.1, 0.15) is 23.7 Å². The molecule has 1 heterocycles. The summed E-state index contributed by atoms with van der Waals surface area (Å²) in [6.07, 6.45) is 3.20. The van der Waals surface area contributed by atoms with E-state index in [0.717, 1.165) is 19.3 Å². The Labute approximate surface area is 331 Å². The lowest BCUT2D eigenvalue weighted by atomic mass is 9.83.